The number of hydrogen-bond donors (Lipinski definition) is 2. The van der Waals surface area contributed by atoms with Crippen LogP contribution in [0.1, 0.15) is 32.5 Å². The number of thiophene rings is 1. The van der Waals surface area contributed by atoms with Gasteiger partial charge in [-0.15, -0.1) is 11.3 Å². The maximum absolute atomic E-state index is 12.3. The van der Waals surface area contributed by atoms with Crippen LogP contribution in [0.15, 0.2) is 24.3 Å². The SMILES string of the molecule is CCc1cc(C(N)=O)c(NC(=O)c2cc([N+](=O)[O-])cc([N+](=O)[O-])c2)s1. The zero-order valence-electron chi connectivity index (χ0n) is 12.8. The van der Waals surface area contributed by atoms with E-state index in [1.54, 1.807) is 6.07 Å². The average molecular weight is 364 g/mol. The van der Waals surface area contributed by atoms with Crippen LogP contribution in [-0.2, 0) is 6.42 Å². The summed E-state index contributed by atoms with van der Waals surface area (Å²) in [6.45, 7) is 1.85. The molecule has 0 atom stereocenters. The lowest BCUT2D eigenvalue weighted by molar-refractivity contribution is -0.394. The molecule has 1 aromatic heterocycles. The molecular weight excluding hydrogens is 352 g/mol. The molecule has 3 N–H and O–H groups in total. The molecule has 0 unspecified atom stereocenters. The number of nitrogens with zero attached hydrogens (tertiary/aromatic N) is 2. The van der Waals surface area contributed by atoms with Crippen LogP contribution in [0.5, 0.6) is 0 Å². The number of nitrogens with one attached hydrogen (secondary N) is 1. The van der Waals surface area contributed by atoms with Crippen molar-refractivity contribution in [1.82, 2.24) is 0 Å². The van der Waals surface area contributed by atoms with E-state index in [1.807, 2.05) is 6.92 Å². The molecule has 0 saturated heterocycles. The van der Waals surface area contributed by atoms with E-state index in [1.165, 1.54) is 0 Å². The maximum Gasteiger partial charge on any atom is 0.277 e. The third-order valence-corrected chi connectivity index (χ3v) is 4.41. The number of nitrogens with two attached hydrogens (primary N) is 1. The number of primary amides is 1. The number of amides is 2. The smallest absolute Gasteiger partial charge is 0.277 e. The molecule has 0 bridgehead atoms. The summed E-state index contributed by atoms with van der Waals surface area (Å²) in [4.78, 5) is 44.7. The van der Waals surface area contributed by atoms with E-state index in [2.05, 4.69) is 5.32 Å². The van der Waals surface area contributed by atoms with Gasteiger partial charge in [0.05, 0.1) is 27.0 Å². The summed E-state index contributed by atoms with van der Waals surface area (Å²) in [6.07, 6.45) is 0.614. The van der Waals surface area contributed by atoms with Crippen LogP contribution in [0.4, 0.5) is 16.4 Å². The average Bonchev–Trinajstić information content (AvgIpc) is 2.97. The van der Waals surface area contributed by atoms with Gasteiger partial charge in [0, 0.05) is 17.0 Å². The Morgan fingerprint density at radius 2 is 1.68 bits per heavy atom. The molecular formula is C14H12N4O6S. The Kier molecular flexibility index (Phi) is 5.08. The summed E-state index contributed by atoms with van der Waals surface area (Å²) in [5.74, 6) is -1.56. The van der Waals surface area contributed by atoms with E-state index < -0.39 is 33.0 Å². The normalized spacial score (nSPS) is 10.3. The molecule has 25 heavy (non-hydrogen) atoms. The fraction of sp³-hybridized carbons (Fsp3) is 0.143. The van der Waals surface area contributed by atoms with Gasteiger partial charge in [-0.1, -0.05) is 6.92 Å². The second-order valence-electron chi connectivity index (χ2n) is 4.88. The van der Waals surface area contributed by atoms with E-state index in [-0.39, 0.29) is 16.1 Å². The van der Waals surface area contributed by atoms with Gasteiger partial charge in [-0.25, -0.2) is 0 Å². The lowest BCUT2D eigenvalue weighted by Crippen LogP contribution is -2.16. The standard InChI is InChI=1S/C14H12N4O6S/c1-2-10-6-11(12(15)19)14(25-10)16-13(20)7-3-8(17(21)22)5-9(4-7)18(23)24/h3-6H,2H2,1H3,(H2,15,19)(H,16,20). The van der Waals surface area contributed by atoms with Gasteiger partial charge < -0.3 is 11.1 Å². The first-order valence-electron chi connectivity index (χ1n) is 6.90. The molecule has 0 aliphatic rings. The Labute approximate surface area is 144 Å². The van der Waals surface area contributed by atoms with E-state index in [0.29, 0.717) is 6.42 Å². The molecule has 2 rings (SSSR count). The number of nitro groups is 2. The van der Waals surface area contributed by atoms with Crippen molar-refractivity contribution >= 4 is 39.5 Å². The number of aryl methyl sites for hydroxylation is 1. The van der Waals surface area contributed by atoms with Crippen LogP contribution in [0.3, 0.4) is 0 Å². The number of rotatable bonds is 6. The molecule has 0 spiro atoms. The molecule has 1 heterocycles. The Morgan fingerprint density at radius 3 is 2.12 bits per heavy atom. The van der Waals surface area contributed by atoms with Crippen LogP contribution in [0.25, 0.3) is 0 Å². The highest BCUT2D eigenvalue weighted by Gasteiger charge is 2.22. The summed E-state index contributed by atoms with van der Waals surface area (Å²) >= 11 is 1.13. The zero-order chi connectivity index (χ0) is 18.7. The molecule has 11 heteroatoms. The summed E-state index contributed by atoms with van der Waals surface area (Å²) in [6, 6.07) is 4.13. The molecule has 1 aromatic carbocycles. The number of nitro benzene ring substituents is 2. The first-order chi connectivity index (χ1) is 11.7. The van der Waals surface area contributed by atoms with E-state index in [4.69, 9.17) is 5.73 Å². The molecule has 2 amide bonds. The van der Waals surface area contributed by atoms with Gasteiger partial charge in [0.15, 0.2) is 0 Å². The first-order valence-corrected chi connectivity index (χ1v) is 7.72. The molecule has 130 valence electrons. The fourth-order valence-electron chi connectivity index (χ4n) is 2.00. The Bertz CT molecular complexity index is 859. The predicted molar refractivity (Wildman–Crippen MR) is 89.9 cm³/mol. The summed E-state index contributed by atoms with van der Waals surface area (Å²) in [7, 11) is 0. The summed E-state index contributed by atoms with van der Waals surface area (Å²) in [5.41, 5.74) is 3.92. The number of carbonyl (C=O) groups excluding carboxylic acids is 2. The lowest BCUT2D eigenvalue weighted by Gasteiger charge is -2.05. The Morgan fingerprint density at radius 1 is 1.12 bits per heavy atom. The highest BCUT2D eigenvalue weighted by Crippen LogP contribution is 2.30. The number of hydrogen-bond acceptors (Lipinski definition) is 7. The second-order valence-corrected chi connectivity index (χ2v) is 6.02. The van der Waals surface area contributed by atoms with Crippen molar-refractivity contribution in [2.45, 2.75) is 13.3 Å². The van der Waals surface area contributed by atoms with Gasteiger partial charge in [0.2, 0.25) is 0 Å². The minimum absolute atomic E-state index is 0.107. The number of benzene rings is 1. The Hall–Kier alpha value is -3.34. The molecule has 10 nitrogen and oxygen atoms in total. The van der Waals surface area contributed by atoms with E-state index in [0.717, 1.165) is 34.4 Å². The number of anilines is 1. The predicted octanol–water partition coefficient (Wildman–Crippen LogP) is 2.48. The minimum atomic E-state index is -0.834. The van der Waals surface area contributed by atoms with Crippen LogP contribution in [-0.4, -0.2) is 21.7 Å². The van der Waals surface area contributed by atoms with Crippen molar-refractivity contribution in [2.24, 2.45) is 5.73 Å². The van der Waals surface area contributed by atoms with E-state index >= 15 is 0 Å². The van der Waals surface area contributed by atoms with Gasteiger partial charge in [-0.3, -0.25) is 29.8 Å². The molecule has 0 saturated carbocycles. The van der Waals surface area contributed by atoms with Gasteiger partial charge in [0.1, 0.15) is 5.00 Å². The van der Waals surface area contributed by atoms with Crippen molar-refractivity contribution in [3.63, 3.8) is 0 Å². The van der Waals surface area contributed by atoms with Crippen LogP contribution >= 0.6 is 11.3 Å². The molecule has 0 aliphatic heterocycles. The van der Waals surface area contributed by atoms with Crippen LogP contribution in [0.2, 0.25) is 0 Å². The molecule has 0 radical (unpaired) electrons. The van der Waals surface area contributed by atoms with Crippen molar-refractivity contribution in [3.8, 4) is 0 Å². The van der Waals surface area contributed by atoms with Crippen molar-refractivity contribution in [2.75, 3.05) is 5.32 Å². The third-order valence-electron chi connectivity index (χ3n) is 3.21. The quantitative estimate of drug-likeness (QED) is 0.591. The molecule has 0 fully saturated rings. The zero-order valence-corrected chi connectivity index (χ0v) is 13.7. The molecule has 0 aliphatic carbocycles. The third kappa shape index (κ3) is 3.95. The van der Waals surface area contributed by atoms with Crippen LogP contribution < -0.4 is 11.1 Å². The van der Waals surface area contributed by atoms with Crippen molar-refractivity contribution < 1.29 is 19.4 Å². The van der Waals surface area contributed by atoms with Crippen molar-refractivity contribution in [1.29, 1.82) is 0 Å². The van der Waals surface area contributed by atoms with Crippen LogP contribution in [0, 0.1) is 20.2 Å². The maximum atomic E-state index is 12.3. The lowest BCUT2D eigenvalue weighted by atomic mass is 10.1. The fourth-order valence-corrected chi connectivity index (χ4v) is 3.00. The highest BCUT2D eigenvalue weighted by atomic mass is 32.1. The van der Waals surface area contributed by atoms with Gasteiger partial charge in [-0.05, 0) is 12.5 Å². The monoisotopic (exact) mass is 364 g/mol. The highest BCUT2D eigenvalue weighted by molar-refractivity contribution is 7.16. The Balaban J connectivity index is 2.41. The number of non-ortho nitro benzene ring substituents is 2. The van der Waals surface area contributed by atoms with Crippen molar-refractivity contribution in [3.05, 3.63) is 60.5 Å². The van der Waals surface area contributed by atoms with Gasteiger partial charge >= 0.3 is 0 Å². The van der Waals surface area contributed by atoms with Gasteiger partial charge in [-0.2, -0.15) is 0 Å². The topological polar surface area (TPSA) is 158 Å². The second kappa shape index (κ2) is 7.05. The van der Waals surface area contributed by atoms with Gasteiger partial charge in [0.25, 0.3) is 23.2 Å². The minimum Gasteiger partial charge on any atom is -0.366 e. The number of carbonyl (C=O) groups is 2. The largest absolute Gasteiger partial charge is 0.366 e. The summed E-state index contributed by atoms with van der Waals surface area (Å²) in [5, 5.41) is 24.4. The van der Waals surface area contributed by atoms with E-state index in [9.17, 15) is 29.8 Å². The summed E-state index contributed by atoms with van der Waals surface area (Å²) < 4.78 is 0. The molecule has 2 aromatic rings. The first kappa shape index (κ1) is 18.0.